The van der Waals surface area contributed by atoms with Gasteiger partial charge < -0.3 is 10.2 Å². The van der Waals surface area contributed by atoms with E-state index in [-0.39, 0.29) is 11.7 Å². The van der Waals surface area contributed by atoms with Crippen LogP contribution in [-0.4, -0.2) is 21.9 Å². The first-order valence-corrected chi connectivity index (χ1v) is 14.0. The van der Waals surface area contributed by atoms with Crippen LogP contribution in [0.3, 0.4) is 0 Å². The number of aliphatic hydroxyl groups excluding tert-OH is 1. The Morgan fingerprint density at radius 1 is 0.935 bits per heavy atom. The molecule has 178 valence electrons. The zero-order valence-electron chi connectivity index (χ0n) is 21.1. The minimum absolute atomic E-state index is 0.0911. The molecule has 0 aromatic rings. The standard InChI is InChI=1S/C29H50O2/c1-6-29(31)14-13-27(4)21(17-29)7-8-22-24-10-9-23(28(24,5)12-11-25(22)27)19(3)26(30)16-20-15-18(20)2/h18-26,30-31H,6-17H2,1-5H3/t18?,19?,20?,21-,22-,23+,24-,25-,26?,27-,28+,29-/m0/s1. The molecule has 5 aliphatic rings. The van der Waals surface area contributed by atoms with Gasteiger partial charge in [0.05, 0.1) is 11.7 Å². The summed E-state index contributed by atoms with van der Waals surface area (Å²) in [6, 6.07) is 0. The molecule has 0 aromatic heterocycles. The Kier molecular flexibility index (Phi) is 5.66. The molecule has 0 bridgehead atoms. The molecule has 0 spiro atoms. The maximum absolute atomic E-state index is 11.1. The van der Waals surface area contributed by atoms with Gasteiger partial charge in [-0.25, -0.2) is 0 Å². The molecule has 12 atom stereocenters. The lowest BCUT2D eigenvalue weighted by atomic mass is 9.43. The molecule has 2 nitrogen and oxygen atoms in total. The highest BCUT2D eigenvalue weighted by Gasteiger charge is 2.61. The van der Waals surface area contributed by atoms with Crippen molar-refractivity contribution >= 4 is 0 Å². The predicted octanol–water partition coefficient (Wildman–Crippen LogP) is 6.83. The molecule has 5 saturated carbocycles. The summed E-state index contributed by atoms with van der Waals surface area (Å²) >= 11 is 0. The average Bonchev–Trinajstić information content (AvgIpc) is 3.30. The summed E-state index contributed by atoms with van der Waals surface area (Å²) < 4.78 is 0. The van der Waals surface area contributed by atoms with E-state index < -0.39 is 0 Å². The largest absolute Gasteiger partial charge is 0.393 e. The molecule has 4 unspecified atom stereocenters. The summed E-state index contributed by atoms with van der Waals surface area (Å²) in [5.41, 5.74) is 0.513. The molecule has 2 N–H and O–H groups in total. The minimum Gasteiger partial charge on any atom is -0.393 e. The first-order chi connectivity index (χ1) is 14.6. The van der Waals surface area contributed by atoms with Crippen LogP contribution in [0.2, 0.25) is 0 Å². The fourth-order valence-corrected chi connectivity index (χ4v) is 10.1. The summed E-state index contributed by atoms with van der Waals surface area (Å²) in [6.07, 6.45) is 14.8. The first kappa shape index (κ1) is 22.7. The summed E-state index contributed by atoms with van der Waals surface area (Å²) in [5.74, 6) is 6.18. The van der Waals surface area contributed by atoms with Crippen LogP contribution in [0.25, 0.3) is 0 Å². The van der Waals surface area contributed by atoms with Crippen LogP contribution in [0.1, 0.15) is 112 Å². The number of aliphatic hydroxyl groups is 2. The summed E-state index contributed by atoms with van der Waals surface area (Å²) in [6.45, 7) is 12.1. The quantitative estimate of drug-likeness (QED) is 0.502. The van der Waals surface area contributed by atoms with Crippen molar-refractivity contribution in [2.75, 3.05) is 0 Å². The van der Waals surface area contributed by atoms with Crippen LogP contribution in [0.5, 0.6) is 0 Å². The highest BCUT2D eigenvalue weighted by atomic mass is 16.3. The smallest absolute Gasteiger partial charge is 0.0648 e. The van der Waals surface area contributed by atoms with Gasteiger partial charge in [-0.1, -0.05) is 34.6 Å². The van der Waals surface area contributed by atoms with Crippen molar-refractivity contribution in [3.8, 4) is 0 Å². The van der Waals surface area contributed by atoms with Gasteiger partial charge in [0, 0.05) is 0 Å². The number of hydrogen-bond donors (Lipinski definition) is 2. The zero-order valence-corrected chi connectivity index (χ0v) is 21.1. The van der Waals surface area contributed by atoms with Gasteiger partial charge in [-0.05, 0) is 135 Å². The van der Waals surface area contributed by atoms with E-state index in [9.17, 15) is 10.2 Å². The lowest BCUT2D eigenvalue weighted by molar-refractivity contribution is -0.154. The predicted molar refractivity (Wildman–Crippen MR) is 128 cm³/mol. The van der Waals surface area contributed by atoms with Crippen molar-refractivity contribution in [3.63, 3.8) is 0 Å². The van der Waals surface area contributed by atoms with Gasteiger partial charge in [0.15, 0.2) is 0 Å². The van der Waals surface area contributed by atoms with Gasteiger partial charge in [-0.2, -0.15) is 0 Å². The second kappa shape index (κ2) is 7.72. The zero-order chi connectivity index (χ0) is 22.2. The average molecular weight is 431 g/mol. The highest BCUT2D eigenvalue weighted by molar-refractivity contribution is 5.11. The van der Waals surface area contributed by atoms with Crippen molar-refractivity contribution in [2.24, 2.45) is 58.2 Å². The summed E-state index contributed by atoms with van der Waals surface area (Å²) in [7, 11) is 0. The summed E-state index contributed by atoms with van der Waals surface area (Å²) in [5, 5.41) is 22.1. The van der Waals surface area contributed by atoms with Crippen molar-refractivity contribution in [1.29, 1.82) is 0 Å². The molecule has 0 aliphatic heterocycles. The van der Waals surface area contributed by atoms with Crippen LogP contribution in [0.15, 0.2) is 0 Å². The molecular formula is C29H50O2. The van der Waals surface area contributed by atoms with Gasteiger partial charge >= 0.3 is 0 Å². The Bertz CT molecular complexity index is 676. The second-order valence-electron chi connectivity index (χ2n) is 13.8. The Labute approximate surface area is 192 Å². The molecule has 0 amide bonds. The van der Waals surface area contributed by atoms with E-state index in [1.807, 2.05) is 0 Å². The molecule has 0 saturated heterocycles. The molecule has 0 heterocycles. The topological polar surface area (TPSA) is 40.5 Å². The van der Waals surface area contributed by atoms with Crippen LogP contribution in [-0.2, 0) is 0 Å². The van der Waals surface area contributed by atoms with E-state index in [2.05, 4.69) is 34.6 Å². The summed E-state index contributed by atoms with van der Waals surface area (Å²) in [4.78, 5) is 0. The van der Waals surface area contributed by atoms with Gasteiger partial charge in [0.1, 0.15) is 0 Å². The highest BCUT2D eigenvalue weighted by Crippen LogP contribution is 2.69. The van der Waals surface area contributed by atoms with Crippen molar-refractivity contribution in [1.82, 2.24) is 0 Å². The van der Waals surface area contributed by atoms with Crippen molar-refractivity contribution in [2.45, 2.75) is 123 Å². The minimum atomic E-state index is -0.386. The third-order valence-electron chi connectivity index (χ3n) is 12.6. The monoisotopic (exact) mass is 430 g/mol. The van der Waals surface area contributed by atoms with E-state index in [1.165, 1.54) is 51.4 Å². The van der Waals surface area contributed by atoms with Crippen LogP contribution in [0, 0.1) is 58.2 Å². The fraction of sp³-hybridized carbons (Fsp3) is 1.00. The van der Waals surface area contributed by atoms with Gasteiger partial charge in [-0.3, -0.25) is 0 Å². The molecule has 0 radical (unpaired) electrons. The molecule has 2 heteroatoms. The third kappa shape index (κ3) is 3.56. The van der Waals surface area contributed by atoms with Crippen LogP contribution < -0.4 is 0 Å². The SMILES string of the molecule is CC[C@]1(O)CC[C@@]2(C)[C@@H](CC[C@@H]3[C@@H]2CC[C@]2(C)[C@@H](C(C)C(O)CC4CC4C)CC[C@@H]32)C1. The third-order valence-corrected chi connectivity index (χ3v) is 12.6. The molecular weight excluding hydrogens is 380 g/mol. The van der Waals surface area contributed by atoms with E-state index in [1.54, 1.807) is 0 Å². The first-order valence-electron chi connectivity index (χ1n) is 14.0. The van der Waals surface area contributed by atoms with Gasteiger partial charge in [0.25, 0.3) is 0 Å². The van der Waals surface area contributed by atoms with Crippen LogP contribution in [0.4, 0.5) is 0 Å². The lowest BCUT2D eigenvalue weighted by Gasteiger charge is -2.62. The Morgan fingerprint density at radius 3 is 2.32 bits per heavy atom. The van der Waals surface area contributed by atoms with E-state index in [4.69, 9.17) is 0 Å². The fourth-order valence-electron chi connectivity index (χ4n) is 10.1. The molecule has 5 aliphatic carbocycles. The normalized spacial score (nSPS) is 55.6. The van der Waals surface area contributed by atoms with E-state index in [0.717, 1.165) is 61.2 Å². The number of fused-ring (bicyclic) bond motifs is 5. The Hall–Kier alpha value is -0.0800. The lowest BCUT2D eigenvalue weighted by Crippen LogP contribution is -2.56. The molecule has 0 aromatic carbocycles. The Morgan fingerprint density at radius 2 is 1.65 bits per heavy atom. The van der Waals surface area contributed by atoms with Crippen molar-refractivity contribution < 1.29 is 10.2 Å². The second-order valence-corrected chi connectivity index (χ2v) is 13.8. The maximum Gasteiger partial charge on any atom is 0.0648 e. The molecule has 5 fully saturated rings. The van der Waals surface area contributed by atoms with Gasteiger partial charge in [-0.15, -0.1) is 0 Å². The number of hydrogen-bond acceptors (Lipinski definition) is 2. The van der Waals surface area contributed by atoms with Crippen molar-refractivity contribution in [3.05, 3.63) is 0 Å². The van der Waals surface area contributed by atoms with Gasteiger partial charge in [0.2, 0.25) is 0 Å². The molecule has 31 heavy (non-hydrogen) atoms. The van der Waals surface area contributed by atoms with E-state index in [0.29, 0.717) is 22.7 Å². The number of rotatable bonds is 5. The molecule has 5 rings (SSSR count). The maximum atomic E-state index is 11.1. The van der Waals surface area contributed by atoms with Crippen LogP contribution >= 0.6 is 0 Å². The Balaban J connectivity index is 1.31. The van der Waals surface area contributed by atoms with E-state index >= 15 is 0 Å².